The van der Waals surface area contributed by atoms with Crippen LogP contribution in [-0.2, 0) is 9.59 Å². The van der Waals surface area contributed by atoms with Crippen LogP contribution in [0.1, 0.15) is 0 Å². The second-order valence-corrected chi connectivity index (χ2v) is 3.83. The van der Waals surface area contributed by atoms with Crippen LogP contribution in [0.5, 0.6) is 0 Å². The Morgan fingerprint density at radius 1 is 1.18 bits per heavy atom. The number of carboxylic acids is 2. The van der Waals surface area contributed by atoms with Crippen molar-refractivity contribution in [2.75, 3.05) is 6.61 Å². The van der Waals surface area contributed by atoms with Crippen LogP contribution in [0.3, 0.4) is 0 Å². The van der Waals surface area contributed by atoms with Gasteiger partial charge in [0.25, 0.3) is 0 Å². The van der Waals surface area contributed by atoms with E-state index in [0.29, 0.717) is 0 Å². The van der Waals surface area contributed by atoms with Crippen LogP contribution in [0, 0.1) is 0 Å². The third kappa shape index (κ3) is 8.26. The molecule has 17 heavy (non-hydrogen) atoms. The third-order valence-corrected chi connectivity index (χ3v) is 2.31. The Hall–Kier alpha value is -1.57. The number of hydrogen-bond acceptors (Lipinski definition) is 5. The van der Waals surface area contributed by atoms with Gasteiger partial charge in [-0.1, -0.05) is 30.0 Å². The summed E-state index contributed by atoms with van der Waals surface area (Å²) in [4.78, 5) is 20.1. The molecule has 0 aliphatic carbocycles. The molecule has 0 amide bonds. The van der Waals surface area contributed by atoms with Gasteiger partial charge in [0, 0.05) is 4.90 Å². The van der Waals surface area contributed by atoms with Gasteiger partial charge in [-0.2, -0.15) is 0 Å². The molecule has 0 aliphatic heterocycles. The lowest BCUT2D eigenvalue weighted by Crippen LogP contribution is -2.14. The zero-order valence-electron chi connectivity index (χ0n) is 8.68. The van der Waals surface area contributed by atoms with Crippen molar-refractivity contribution < 1.29 is 30.0 Å². The molecule has 0 bridgehead atoms. The van der Waals surface area contributed by atoms with Crippen LogP contribution in [0.15, 0.2) is 35.2 Å². The zero-order chi connectivity index (χ0) is 13.3. The molecule has 0 saturated heterocycles. The maximum Gasteiger partial charge on any atom is 0.343 e. The first kappa shape index (κ1) is 15.4. The van der Waals surface area contributed by atoms with E-state index in [1.807, 2.05) is 6.07 Å². The molecular weight excluding hydrogens is 248 g/mol. The second-order valence-electron chi connectivity index (χ2n) is 2.67. The lowest BCUT2D eigenvalue weighted by molar-refractivity contribution is -0.142. The summed E-state index contributed by atoms with van der Waals surface area (Å²) >= 11 is 0.908. The van der Waals surface area contributed by atoms with E-state index in [2.05, 4.69) is 0 Å². The largest absolute Gasteiger partial charge is 0.480 e. The molecule has 0 radical (unpaired) electrons. The van der Waals surface area contributed by atoms with Crippen LogP contribution in [0.4, 0.5) is 0 Å². The summed E-state index contributed by atoms with van der Waals surface area (Å²) in [5.41, 5.74) is -1.38. The van der Waals surface area contributed by atoms with Crippen LogP contribution < -0.4 is 0 Å². The van der Waals surface area contributed by atoms with E-state index in [-0.39, 0.29) is 0 Å². The van der Waals surface area contributed by atoms with Gasteiger partial charge < -0.3 is 20.4 Å². The van der Waals surface area contributed by atoms with E-state index in [4.69, 9.17) is 25.2 Å². The number of benzene rings is 1. The van der Waals surface area contributed by atoms with E-state index in [9.17, 15) is 4.79 Å². The van der Waals surface area contributed by atoms with Crippen molar-refractivity contribution in [3.63, 3.8) is 0 Å². The highest BCUT2D eigenvalue weighted by Gasteiger charge is 2.13. The summed E-state index contributed by atoms with van der Waals surface area (Å²) in [6.45, 7) is -0.778. The van der Waals surface area contributed by atoms with E-state index in [0.717, 1.165) is 16.7 Å². The SMILES string of the molecule is O=C(O)C(O)Sc1ccccc1.O=C(O)CO. The number of aliphatic hydroxyl groups excluding tert-OH is 2. The normalized spacial score (nSPS) is 10.9. The minimum atomic E-state index is -1.38. The summed E-state index contributed by atoms with van der Waals surface area (Å²) < 4.78 is 0. The van der Waals surface area contributed by atoms with Gasteiger partial charge in [0.15, 0.2) is 0 Å². The summed E-state index contributed by atoms with van der Waals surface area (Å²) in [5.74, 6) is -2.41. The highest BCUT2D eigenvalue weighted by molar-refractivity contribution is 8.00. The Morgan fingerprint density at radius 2 is 1.65 bits per heavy atom. The maximum absolute atomic E-state index is 10.2. The van der Waals surface area contributed by atoms with Gasteiger partial charge in [-0.05, 0) is 12.1 Å². The lowest BCUT2D eigenvalue weighted by atomic mass is 10.4. The standard InChI is InChI=1S/C8H8O3S.C2H4O3/c9-7(10)8(11)12-6-4-2-1-3-5-6;3-1-2(4)5/h1-5,8,11H,(H,9,10);3H,1H2,(H,4,5). The maximum atomic E-state index is 10.2. The van der Waals surface area contributed by atoms with Gasteiger partial charge in [0.1, 0.15) is 6.61 Å². The fraction of sp³-hybridized carbons (Fsp3) is 0.200. The van der Waals surface area contributed by atoms with Gasteiger partial charge in [0.2, 0.25) is 5.44 Å². The highest BCUT2D eigenvalue weighted by atomic mass is 32.2. The predicted octanol–water partition coefficient (Wildman–Crippen LogP) is 0.245. The molecule has 0 saturated carbocycles. The Kier molecular flexibility index (Phi) is 7.78. The third-order valence-electron chi connectivity index (χ3n) is 1.34. The van der Waals surface area contributed by atoms with Gasteiger partial charge in [-0.15, -0.1) is 0 Å². The van der Waals surface area contributed by atoms with Crippen LogP contribution in [-0.4, -0.2) is 44.4 Å². The second kappa shape index (κ2) is 8.57. The first-order valence-corrected chi connectivity index (χ1v) is 5.30. The summed E-state index contributed by atoms with van der Waals surface area (Å²) in [5, 5.41) is 32.3. The smallest absolute Gasteiger partial charge is 0.343 e. The number of hydrogen-bond donors (Lipinski definition) is 4. The first-order chi connectivity index (χ1) is 7.97. The Morgan fingerprint density at radius 3 is 2.00 bits per heavy atom. The molecule has 0 aliphatic rings. The van der Waals surface area contributed by atoms with Crippen LogP contribution in [0.2, 0.25) is 0 Å². The van der Waals surface area contributed by atoms with E-state index in [1.54, 1.807) is 24.3 Å². The van der Waals surface area contributed by atoms with E-state index < -0.39 is 24.0 Å². The molecule has 1 aromatic carbocycles. The minimum Gasteiger partial charge on any atom is -0.480 e. The summed E-state index contributed by atoms with van der Waals surface area (Å²) in [6, 6.07) is 8.90. The van der Waals surface area contributed by atoms with Crippen LogP contribution in [0.25, 0.3) is 0 Å². The topological polar surface area (TPSA) is 115 Å². The van der Waals surface area contributed by atoms with E-state index in [1.165, 1.54) is 0 Å². The van der Waals surface area contributed by atoms with Gasteiger partial charge in [0.05, 0.1) is 0 Å². The molecule has 1 aromatic rings. The fourth-order valence-electron chi connectivity index (χ4n) is 0.678. The minimum absolute atomic E-state index is 0.743. The molecule has 7 heteroatoms. The average molecular weight is 260 g/mol. The van der Waals surface area contributed by atoms with E-state index >= 15 is 0 Å². The van der Waals surface area contributed by atoms with Gasteiger partial charge in [-0.3, -0.25) is 0 Å². The average Bonchev–Trinajstić information content (AvgIpc) is 2.31. The van der Waals surface area contributed by atoms with Crippen LogP contribution >= 0.6 is 11.8 Å². The molecule has 0 spiro atoms. The number of carbonyl (C=O) groups is 2. The molecule has 0 fully saturated rings. The predicted molar refractivity (Wildman–Crippen MR) is 60.7 cm³/mol. The van der Waals surface area contributed by atoms with Crippen molar-refractivity contribution >= 4 is 23.7 Å². The molecule has 6 nitrogen and oxygen atoms in total. The highest BCUT2D eigenvalue weighted by Crippen LogP contribution is 2.20. The molecule has 4 N–H and O–H groups in total. The number of rotatable bonds is 4. The first-order valence-electron chi connectivity index (χ1n) is 4.42. The van der Waals surface area contributed by atoms with Gasteiger partial charge >= 0.3 is 11.9 Å². The van der Waals surface area contributed by atoms with Gasteiger partial charge in [-0.25, -0.2) is 9.59 Å². The Balaban J connectivity index is 0.000000437. The molecule has 1 atom stereocenters. The monoisotopic (exact) mass is 260 g/mol. The quantitative estimate of drug-likeness (QED) is 0.453. The zero-order valence-corrected chi connectivity index (χ0v) is 9.50. The molecule has 94 valence electrons. The Bertz CT molecular complexity index is 353. The summed E-state index contributed by atoms with van der Waals surface area (Å²) in [6.07, 6.45) is 0. The van der Waals surface area contributed by atoms with Crippen molar-refractivity contribution in [3.05, 3.63) is 30.3 Å². The van der Waals surface area contributed by atoms with Crippen molar-refractivity contribution in [2.24, 2.45) is 0 Å². The lowest BCUT2D eigenvalue weighted by Gasteiger charge is -2.03. The molecule has 1 unspecified atom stereocenters. The molecule has 1 rings (SSSR count). The van der Waals surface area contributed by atoms with Crippen molar-refractivity contribution in [2.45, 2.75) is 10.3 Å². The molecule has 0 heterocycles. The molecule has 0 aromatic heterocycles. The van der Waals surface area contributed by atoms with Crippen molar-refractivity contribution in [1.29, 1.82) is 0 Å². The summed E-state index contributed by atoms with van der Waals surface area (Å²) in [7, 11) is 0. The number of aliphatic carboxylic acids is 2. The molecular formula is C10H12O6S. The number of thioether (sulfide) groups is 1. The fourth-order valence-corrected chi connectivity index (χ4v) is 1.35. The Labute approximate surface area is 102 Å². The van der Waals surface area contributed by atoms with Crippen molar-refractivity contribution in [3.8, 4) is 0 Å². The van der Waals surface area contributed by atoms with Crippen molar-refractivity contribution in [1.82, 2.24) is 0 Å². The number of carboxylic acid groups (broad SMARTS) is 2. The number of aliphatic hydroxyl groups is 2.